The van der Waals surface area contributed by atoms with Crippen molar-refractivity contribution in [3.05, 3.63) is 50.8 Å². The summed E-state index contributed by atoms with van der Waals surface area (Å²) < 4.78 is 3.28. The molecule has 2 aromatic rings. The molecule has 1 N–H and O–H groups in total. The van der Waals surface area contributed by atoms with Crippen molar-refractivity contribution in [1.29, 1.82) is 0 Å². The van der Waals surface area contributed by atoms with Crippen molar-refractivity contribution in [2.45, 2.75) is 51.6 Å². The zero-order valence-corrected chi connectivity index (χ0v) is 15.3. The molecule has 0 aliphatic carbocycles. The van der Waals surface area contributed by atoms with Crippen LogP contribution in [0.1, 0.15) is 37.1 Å². The summed E-state index contributed by atoms with van der Waals surface area (Å²) in [7, 11) is 1.97. The Morgan fingerprint density at radius 2 is 2.15 bits per heavy atom. The standard InChI is InChI=1S/C18H25N5O3/c1-13-11-22(18(26)20-17(13)25)12-16(24)23-9-4-3-5-14(23)6-7-15-19-8-10-21(15)2/h8,10-11,14H,3-7,9,12H2,1-2H3,(H,20,25,26)/t14-/m0/s1. The van der Waals surface area contributed by atoms with Gasteiger partial charge >= 0.3 is 5.69 Å². The Balaban J connectivity index is 1.69. The van der Waals surface area contributed by atoms with Gasteiger partial charge in [0, 0.05) is 50.2 Å². The normalized spacial score (nSPS) is 17.5. The lowest BCUT2D eigenvalue weighted by atomic mass is 9.97. The molecule has 0 aromatic carbocycles. The lowest BCUT2D eigenvalue weighted by Gasteiger charge is -2.36. The monoisotopic (exact) mass is 359 g/mol. The highest BCUT2D eigenvalue weighted by atomic mass is 16.2. The lowest BCUT2D eigenvalue weighted by Crippen LogP contribution is -2.46. The molecule has 0 radical (unpaired) electrons. The number of aromatic nitrogens is 4. The number of hydrogen-bond acceptors (Lipinski definition) is 4. The molecule has 0 saturated carbocycles. The second-order valence-corrected chi connectivity index (χ2v) is 6.93. The second-order valence-electron chi connectivity index (χ2n) is 6.93. The minimum atomic E-state index is -0.546. The fourth-order valence-corrected chi connectivity index (χ4v) is 3.53. The first-order valence-electron chi connectivity index (χ1n) is 9.01. The summed E-state index contributed by atoms with van der Waals surface area (Å²) in [5.41, 5.74) is -0.539. The quantitative estimate of drug-likeness (QED) is 0.846. The molecule has 3 rings (SSSR count). The minimum absolute atomic E-state index is 0.0463. The van der Waals surface area contributed by atoms with E-state index < -0.39 is 11.2 Å². The Hall–Kier alpha value is -2.64. The SMILES string of the molecule is Cc1cn(CC(=O)N2CCCC[C@H]2CCc2nccn2C)c(=O)[nH]c1=O. The molecule has 1 amide bonds. The van der Waals surface area contributed by atoms with Gasteiger partial charge in [-0.15, -0.1) is 0 Å². The maximum absolute atomic E-state index is 12.8. The summed E-state index contributed by atoms with van der Waals surface area (Å²) in [4.78, 5) is 44.7. The van der Waals surface area contributed by atoms with Gasteiger partial charge in [0.2, 0.25) is 5.91 Å². The van der Waals surface area contributed by atoms with E-state index in [1.54, 1.807) is 13.1 Å². The first-order chi connectivity index (χ1) is 12.5. The number of aryl methyl sites for hydroxylation is 3. The molecule has 8 heteroatoms. The molecule has 1 saturated heterocycles. The highest BCUT2D eigenvalue weighted by molar-refractivity contribution is 5.76. The van der Waals surface area contributed by atoms with Gasteiger partial charge in [-0.1, -0.05) is 0 Å². The Labute approximate surface area is 151 Å². The Bertz CT molecular complexity index is 895. The van der Waals surface area contributed by atoms with Crippen LogP contribution in [-0.2, 0) is 24.8 Å². The zero-order valence-electron chi connectivity index (χ0n) is 15.3. The van der Waals surface area contributed by atoms with Crippen LogP contribution >= 0.6 is 0 Å². The van der Waals surface area contributed by atoms with Crippen molar-refractivity contribution in [3.8, 4) is 0 Å². The summed E-state index contributed by atoms with van der Waals surface area (Å²) in [6.07, 6.45) is 9.87. The molecule has 1 atom stereocenters. The van der Waals surface area contributed by atoms with E-state index in [-0.39, 0.29) is 18.5 Å². The van der Waals surface area contributed by atoms with Gasteiger partial charge in [0.25, 0.3) is 5.56 Å². The van der Waals surface area contributed by atoms with Gasteiger partial charge in [0.15, 0.2) is 0 Å². The largest absolute Gasteiger partial charge is 0.338 e. The number of rotatable bonds is 5. The molecule has 2 aromatic heterocycles. The number of piperidine rings is 1. The van der Waals surface area contributed by atoms with Crippen LogP contribution in [0.15, 0.2) is 28.2 Å². The number of nitrogens with zero attached hydrogens (tertiary/aromatic N) is 4. The molecule has 8 nitrogen and oxygen atoms in total. The third-order valence-corrected chi connectivity index (χ3v) is 5.06. The van der Waals surface area contributed by atoms with Crippen molar-refractivity contribution in [2.75, 3.05) is 6.54 Å². The molecule has 1 aliphatic rings. The average Bonchev–Trinajstić information content (AvgIpc) is 3.03. The van der Waals surface area contributed by atoms with Crippen LogP contribution in [0.5, 0.6) is 0 Å². The van der Waals surface area contributed by atoms with Crippen LogP contribution in [0.3, 0.4) is 0 Å². The van der Waals surface area contributed by atoms with Gasteiger partial charge in [-0.05, 0) is 32.6 Å². The number of carbonyl (C=O) groups excluding carboxylic acids is 1. The van der Waals surface area contributed by atoms with Gasteiger partial charge in [-0.2, -0.15) is 0 Å². The first-order valence-corrected chi connectivity index (χ1v) is 9.01. The molecule has 0 spiro atoms. The fourth-order valence-electron chi connectivity index (χ4n) is 3.53. The van der Waals surface area contributed by atoms with Gasteiger partial charge in [-0.3, -0.25) is 19.1 Å². The second kappa shape index (κ2) is 7.72. The molecule has 0 bridgehead atoms. The number of amides is 1. The number of aromatic amines is 1. The highest BCUT2D eigenvalue weighted by Gasteiger charge is 2.27. The third-order valence-electron chi connectivity index (χ3n) is 5.06. The summed E-state index contributed by atoms with van der Waals surface area (Å²) >= 11 is 0. The van der Waals surface area contributed by atoms with Crippen LogP contribution in [0.4, 0.5) is 0 Å². The maximum Gasteiger partial charge on any atom is 0.328 e. The van der Waals surface area contributed by atoms with E-state index in [1.165, 1.54) is 10.8 Å². The summed E-state index contributed by atoms with van der Waals surface area (Å²) in [5.74, 6) is 0.929. The van der Waals surface area contributed by atoms with Crippen molar-refractivity contribution < 1.29 is 4.79 Å². The fraction of sp³-hybridized carbons (Fsp3) is 0.556. The molecule has 1 fully saturated rings. The van der Waals surface area contributed by atoms with E-state index >= 15 is 0 Å². The van der Waals surface area contributed by atoms with Crippen LogP contribution in [0.25, 0.3) is 0 Å². The maximum atomic E-state index is 12.8. The Morgan fingerprint density at radius 1 is 1.35 bits per heavy atom. The minimum Gasteiger partial charge on any atom is -0.338 e. The number of imidazole rings is 1. The molecule has 3 heterocycles. The summed E-state index contributed by atoms with van der Waals surface area (Å²) in [6, 6.07) is 0.160. The average molecular weight is 359 g/mol. The van der Waals surface area contributed by atoms with E-state index in [2.05, 4.69) is 9.97 Å². The number of nitrogens with one attached hydrogen (secondary N) is 1. The predicted octanol–water partition coefficient (Wildman–Crippen LogP) is 0.592. The lowest BCUT2D eigenvalue weighted by molar-refractivity contribution is -0.135. The van der Waals surface area contributed by atoms with Crippen molar-refractivity contribution in [1.82, 2.24) is 24.0 Å². The highest BCUT2D eigenvalue weighted by Crippen LogP contribution is 2.21. The van der Waals surface area contributed by atoms with Crippen molar-refractivity contribution >= 4 is 5.91 Å². The van der Waals surface area contributed by atoms with E-state index in [9.17, 15) is 14.4 Å². The van der Waals surface area contributed by atoms with Crippen LogP contribution in [-0.4, -0.2) is 42.5 Å². The molecule has 1 aliphatic heterocycles. The smallest absolute Gasteiger partial charge is 0.328 e. The molecule has 0 unspecified atom stereocenters. The Morgan fingerprint density at radius 3 is 2.88 bits per heavy atom. The van der Waals surface area contributed by atoms with E-state index in [4.69, 9.17) is 0 Å². The number of likely N-dealkylation sites (tertiary alicyclic amines) is 1. The third kappa shape index (κ3) is 3.95. The summed E-state index contributed by atoms with van der Waals surface area (Å²) in [5, 5.41) is 0. The van der Waals surface area contributed by atoms with E-state index in [1.807, 2.05) is 22.7 Å². The van der Waals surface area contributed by atoms with Crippen molar-refractivity contribution in [2.24, 2.45) is 7.05 Å². The summed E-state index contributed by atoms with van der Waals surface area (Å²) in [6.45, 7) is 2.28. The molecular weight excluding hydrogens is 334 g/mol. The topological polar surface area (TPSA) is 93.0 Å². The van der Waals surface area contributed by atoms with Gasteiger partial charge in [0.1, 0.15) is 12.4 Å². The number of hydrogen-bond donors (Lipinski definition) is 1. The van der Waals surface area contributed by atoms with Crippen LogP contribution in [0, 0.1) is 6.92 Å². The zero-order chi connectivity index (χ0) is 18.7. The van der Waals surface area contributed by atoms with Gasteiger partial charge < -0.3 is 9.47 Å². The van der Waals surface area contributed by atoms with E-state index in [0.717, 1.165) is 37.9 Å². The van der Waals surface area contributed by atoms with Gasteiger partial charge in [-0.25, -0.2) is 9.78 Å². The Kier molecular flexibility index (Phi) is 5.39. The molecular formula is C18H25N5O3. The van der Waals surface area contributed by atoms with E-state index in [0.29, 0.717) is 12.1 Å². The van der Waals surface area contributed by atoms with Crippen molar-refractivity contribution in [3.63, 3.8) is 0 Å². The first kappa shape index (κ1) is 18.2. The predicted molar refractivity (Wildman–Crippen MR) is 96.9 cm³/mol. The number of carbonyl (C=O) groups is 1. The molecule has 26 heavy (non-hydrogen) atoms. The van der Waals surface area contributed by atoms with Crippen LogP contribution < -0.4 is 11.2 Å². The van der Waals surface area contributed by atoms with Crippen LogP contribution in [0.2, 0.25) is 0 Å². The van der Waals surface area contributed by atoms with Gasteiger partial charge in [0.05, 0.1) is 0 Å². The molecule has 140 valence electrons. The number of H-pyrrole nitrogens is 1.